The zero-order valence-electron chi connectivity index (χ0n) is 15.2. The van der Waals surface area contributed by atoms with Crippen LogP contribution in [0.5, 0.6) is 0 Å². The lowest BCUT2D eigenvalue weighted by molar-refractivity contribution is 0.348. The van der Waals surface area contributed by atoms with Crippen LogP contribution in [-0.2, 0) is 6.42 Å². The molecule has 0 N–H and O–H groups in total. The Labute approximate surface area is 141 Å². The Morgan fingerprint density at radius 1 is 0.783 bits per heavy atom. The highest BCUT2D eigenvalue weighted by atomic mass is 14.2. The van der Waals surface area contributed by atoms with Crippen molar-refractivity contribution in [3.8, 4) is 0 Å². The molecule has 2 aromatic rings. The molecule has 122 valence electrons. The lowest BCUT2D eigenvalue weighted by Crippen LogP contribution is -2.10. The second-order valence-electron chi connectivity index (χ2n) is 7.67. The fourth-order valence-corrected chi connectivity index (χ4v) is 3.92. The van der Waals surface area contributed by atoms with Crippen molar-refractivity contribution in [3.63, 3.8) is 0 Å². The maximum Gasteiger partial charge on any atom is -0.00230 e. The van der Waals surface area contributed by atoms with Crippen molar-refractivity contribution in [3.05, 3.63) is 69.8 Å². The Kier molecular flexibility index (Phi) is 4.90. The molecule has 1 saturated carbocycles. The van der Waals surface area contributed by atoms with Gasteiger partial charge in [-0.05, 0) is 85.3 Å². The topological polar surface area (TPSA) is 0 Å². The molecule has 0 nitrogen and oxygen atoms in total. The van der Waals surface area contributed by atoms with Gasteiger partial charge in [0.1, 0.15) is 0 Å². The number of aryl methyl sites for hydroxylation is 1. The maximum atomic E-state index is 2.39. The van der Waals surface area contributed by atoms with Gasteiger partial charge in [-0.2, -0.15) is 0 Å². The van der Waals surface area contributed by atoms with E-state index in [-0.39, 0.29) is 0 Å². The van der Waals surface area contributed by atoms with Crippen molar-refractivity contribution in [2.24, 2.45) is 5.92 Å². The predicted molar refractivity (Wildman–Crippen MR) is 100 cm³/mol. The lowest BCUT2D eigenvalue weighted by Gasteiger charge is -2.26. The van der Waals surface area contributed by atoms with E-state index in [9.17, 15) is 0 Å². The van der Waals surface area contributed by atoms with Crippen LogP contribution in [0.2, 0.25) is 0 Å². The average molecular weight is 306 g/mol. The van der Waals surface area contributed by atoms with Crippen molar-refractivity contribution in [2.75, 3.05) is 0 Å². The second kappa shape index (κ2) is 6.91. The van der Waals surface area contributed by atoms with Gasteiger partial charge in [0.2, 0.25) is 0 Å². The molecule has 0 saturated heterocycles. The molecule has 0 heteroatoms. The molecule has 0 bridgehead atoms. The Bertz CT molecular complexity index is 655. The molecular formula is C23H30. The number of hydrogen-bond donors (Lipinski definition) is 0. The normalized spacial score (nSPS) is 21.4. The number of rotatable bonds is 3. The van der Waals surface area contributed by atoms with Crippen LogP contribution in [0.3, 0.4) is 0 Å². The van der Waals surface area contributed by atoms with Crippen molar-refractivity contribution >= 4 is 0 Å². The third-order valence-corrected chi connectivity index (χ3v) is 6.03. The summed E-state index contributed by atoms with van der Waals surface area (Å²) in [5, 5.41) is 0. The SMILES string of the molecule is Cc1ccc(Cc2ccc(C3CCC(C)CC3)cc2)c(C)c1C. The zero-order valence-corrected chi connectivity index (χ0v) is 15.2. The van der Waals surface area contributed by atoms with Crippen LogP contribution in [0.4, 0.5) is 0 Å². The van der Waals surface area contributed by atoms with Crippen LogP contribution >= 0.6 is 0 Å². The summed E-state index contributed by atoms with van der Waals surface area (Å²) in [5.41, 5.74) is 8.74. The summed E-state index contributed by atoms with van der Waals surface area (Å²) < 4.78 is 0. The highest BCUT2D eigenvalue weighted by molar-refractivity contribution is 5.41. The summed E-state index contributed by atoms with van der Waals surface area (Å²) >= 11 is 0. The molecule has 0 aliphatic heterocycles. The van der Waals surface area contributed by atoms with Gasteiger partial charge in [-0.15, -0.1) is 0 Å². The first-order valence-corrected chi connectivity index (χ1v) is 9.19. The van der Waals surface area contributed by atoms with Crippen LogP contribution in [0.25, 0.3) is 0 Å². The van der Waals surface area contributed by atoms with Gasteiger partial charge in [0.25, 0.3) is 0 Å². The molecule has 1 fully saturated rings. The molecule has 0 heterocycles. The summed E-state index contributed by atoms with van der Waals surface area (Å²) in [6.07, 6.45) is 6.59. The van der Waals surface area contributed by atoms with E-state index >= 15 is 0 Å². The van der Waals surface area contributed by atoms with Crippen LogP contribution < -0.4 is 0 Å². The Balaban J connectivity index is 1.72. The minimum absolute atomic E-state index is 0.795. The quantitative estimate of drug-likeness (QED) is 0.607. The van der Waals surface area contributed by atoms with E-state index in [1.165, 1.54) is 53.5 Å². The van der Waals surface area contributed by atoms with Gasteiger partial charge >= 0.3 is 0 Å². The second-order valence-corrected chi connectivity index (χ2v) is 7.67. The fraction of sp³-hybridized carbons (Fsp3) is 0.478. The summed E-state index contributed by atoms with van der Waals surface area (Å²) in [6, 6.07) is 14.0. The van der Waals surface area contributed by atoms with Crippen LogP contribution in [0.1, 0.15) is 71.9 Å². The van der Waals surface area contributed by atoms with E-state index < -0.39 is 0 Å². The smallest absolute Gasteiger partial charge is 0.00230 e. The first-order chi connectivity index (χ1) is 11.0. The number of benzene rings is 2. The first-order valence-electron chi connectivity index (χ1n) is 9.19. The fourth-order valence-electron chi connectivity index (χ4n) is 3.92. The standard InChI is InChI=1S/C23H30/c1-16-5-10-21(11-6-16)22-13-8-20(9-14-22)15-23-12-7-17(2)18(3)19(23)4/h7-9,12-14,16,21H,5-6,10-11,15H2,1-4H3. The largest absolute Gasteiger partial charge is 0.0625 e. The minimum Gasteiger partial charge on any atom is -0.0625 e. The Hall–Kier alpha value is -1.56. The average Bonchev–Trinajstić information content (AvgIpc) is 2.57. The minimum atomic E-state index is 0.795. The van der Waals surface area contributed by atoms with Gasteiger partial charge < -0.3 is 0 Å². The molecule has 0 radical (unpaired) electrons. The van der Waals surface area contributed by atoms with E-state index in [0.717, 1.165) is 18.3 Å². The molecule has 0 spiro atoms. The van der Waals surface area contributed by atoms with Gasteiger partial charge in [0.15, 0.2) is 0 Å². The molecule has 23 heavy (non-hydrogen) atoms. The van der Waals surface area contributed by atoms with Gasteiger partial charge in [0.05, 0.1) is 0 Å². The van der Waals surface area contributed by atoms with Crippen molar-refractivity contribution in [1.82, 2.24) is 0 Å². The van der Waals surface area contributed by atoms with Crippen LogP contribution in [0.15, 0.2) is 36.4 Å². The van der Waals surface area contributed by atoms with Gasteiger partial charge in [-0.25, -0.2) is 0 Å². The molecule has 0 amide bonds. The van der Waals surface area contributed by atoms with E-state index in [4.69, 9.17) is 0 Å². The van der Waals surface area contributed by atoms with Crippen molar-refractivity contribution < 1.29 is 0 Å². The number of hydrogen-bond acceptors (Lipinski definition) is 0. The predicted octanol–water partition coefficient (Wildman–Crippen LogP) is 6.50. The van der Waals surface area contributed by atoms with E-state index in [0.29, 0.717) is 0 Å². The Morgan fingerprint density at radius 2 is 1.43 bits per heavy atom. The summed E-state index contributed by atoms with van der Waals surface area (Å²) in [4.78, 5) is 0. The molecule has 2 aromatic carbocycles. The summed E-state index contributed by atoms with van der Waals surface area (Å²) in [7, 11) is 0. The molecule has 0 unspecified atom stereocenters. The molecule has 0 aromatic heterocycles. The van der Waals surface area contributed by atoms with Gasteiger partial charge in [-0.1, -0.05) is 56.2 Å². The van der Waals surface area contributed by atoms with E-state index in [1.54, 1.807) is 5.56 Å². The van der Waals surface area contributed by atoms with Crippen LogP contribution in [-0.4, -0.2) is 0 Å². The third kappa shape index (κ3) is 3.68. The molecule has 1 aliphatic rings. The van der Waals surface area contributed by atoms with Gasteiger partial charge in [-0.3, -0.25) is 0 Å². The Morgan fingerprint density at radius 3 is 2.09 bits per heavy atom. The maximum absolute atomic E-state index is 2.39. The van der Waals surface area contributed by atoms with Crippen molar-refractivity contribution in [2.45, 2.75) is 65.7 Å². The highest BCUT2D eigenvalue weighted by Gasteiger charge is 2.19. The molecular weight excluding hydrogens is 276 g/mol. The zero-order chi connectivity index (χ0) is 16.4. The summed E-state index contributed by atoms with van der Waals surface area (Å²) in [5.74, 6) is 1.72. The van der Waals surface area contributed by atoms with Crippen LogP contribution in [0, 0.1) is 26.7 Å². The molecule has 0 atom stereocenters. The third-order valence-electron chi connectivity index (χ3n) is 6.03. The monoisotopic (exact) mass is 306 g/mol. The molecule has 3 rings (SSSR count). The molecule has 1 aliphatic carbocycles. The highest BCUT2D eigenvalue weighted by Crippen LogP contribution is 2.35. The summed E-state index contributed by atoms with van der Waals surface area (Å²) in [6.45, 7) is 9.09. The van der Waals surface area contributed by atoms with Gasteiger partial charge in [0, 0.05) is 0 Å². The first kappa shape index (κ1) is 16.3. The van der Waals surface area contributed by atoms with Crippen molar-refractivity contribution in [1.29, 1.82) is 0 Å². The van der Waals surface area contributed by atoms with E-state index in [2.05, 4.69) is 64.1 Å². The van der Waals surface area contributed by atoms with E-state index in [1.807, 2.05) is 0 Å². The lowest BCUT2D eigenvalue weighted by atomic mass is 9.79.